The number of carbonyl (C=O) groups excluding carboxylic acids is 3. The summed E-state index contributed by atoms with van der Waals surface area (Å²) in [6.07, 6.45) is -0.139. The molecule has 256 valence electrons. The number of aliphatic hydroxyl groups excluding tert-OH is 1. The maximum atomic E-state index is 17.6. The van der Waals surface area contributed by atoms with Gasteiger partial charge in [0.05, 0.1) is 11.8 Å². The van der Waals surface area contributed by atoms with Gasteiger partial charge in [-0.25, -0.2) is 13.6 Å². The van der Waals surface area contributed by atoms with Gasteiger partial charge in [-0.05, 0) is 80.5 Å². The first-order valence-electron chi connectivity index (χ1n) is 16.1. The molecule has 0 radical (unpaired) electrons. The van der Waals surface area contributed by atoms with Crippen LogP contribution in [0.1, 0.15) is 67.2 Å². The van der Waals surface area contributed by atoms with Crippen molar-refractivity contribution in [3.05, 3.63) is 53.1 Å². The highest BCUT2D eigenvalue weighted by atomic mass is 35.5. The van der Waals surface area contributed by atoms with E-state index in [1.54, 1.807) is 38.2 Å². The number of benzene rings is 1. The number of halogens is 3. The molecule has 3 saturated carbocycles. The highest BCUT2D eigenvalue weighted by Crippen LogP contribution is 2.70. The Morgan fingerprint density at radius 3 is 2.26 bits per heavy atom. The molecule has 0 aromatic heterocycles. The molecule has 1 N–H and O–H groups in total. The van der Waals surface area contributed by atoms with Crippen LogP contribution in [0, 0.1) is 22.7 Å². The highest BCUT2D eigenvalue weighted by molar-refractivity contribution is 6.30. The minimum atomic E-state index is -2.29. The van der Waals surface area contributed by atoms with E-state index in [0.717, 1.165) is 6.08 Å². The van der Waals surface area contributed by atoms with Crippen LogP contribution in [0.15, 0.2) is 48.1 Å². The third-order valence-corrected chi connectivity index (χ3v) is 10.6. The quantitative estimate of drug-likeness (QED) is 0.324. The van der Waals surface area contributed by atoms with Crippen molar-refractivity contribution in [1.29, 1.82) is 0 Å². The maximum Gasteiger partial charge on any atom is 0.409 e. The van der Waals surface area contributed by atoms with Crippen LogP contribution in [-0.2, 0) is 19.2 Å². The van der Waals surface area contributed by atoms with Gasteiger partial charge in [-0.3, -0.25) is 19.5 Å². The topological polar surface area (TPSA) is 96.4 Å². The smallest absolute Gasteiger partial charge is 0.409 e. The Kier molecular flexibility index (Phi) is 11.6. The molecule has 1 aromatic carbocycles. The first-order valence-corrected chi connectivity index (χ1v) is 16.5. The molecule has 3 fully saturated rings. The first kappa shape index (κ1) is 37.6. The van der Waals surface area contributed by atoms with E-state index < -0.39 is 70.5 Å². The van der Waals surface area contributed by atoms with E-state index in [-0.39, 0.29) is 24.8 Å². The maximum absolute atomic E-state index is 17.6. The average molecular weight is 667 g/mol. The molecule has 0 bridgehead atoms. The fourth-order valence-electron chi connectivity index (χ4n) is 8.16. The molecular formula is C35H49ClF2N2O6. The molecular weight excluding hydrogens is 618 g/mol. The number of nitrogens with zero attached hydrogens (tertiary/aromatic N) is 2. The van der Waals surface area contributed by atoms with Gasteiger partial charge in [0.2, 0.25) is 5.78 Å². The van der Waals surface area contributed by atoms with E-state index in [0.29, 0.717) is 17.1 Å². The number of fused-ring (bicyclic) bond motifs is 5. The van der Waals surface area contributed by atoms with Crippen molar-refractivity contribution in [3.63, 3.8) is 0 Å². The van der Waals surface area contributed by atoms with Crippen molar-refractivity contribution >= 4 is 34.9 Å². The Morgan fingerprint density at radius 1 is 1.07 bits per heavy atom. The summed E-state index contributed by atoms with van der Waals surface area (Å²) in [7, 11) is 4.61. The predicted molar refractivity (Wildman–Crippen MR) is 175 cm³/mol. The molecule has 1 aromatic rings. The van der Waals surface area contributed by atoms with Crippen molar-refractivity contribution in [2.24, 2.45) is 22.7 Å². The summed E-state index contributed by atoms with van der Waals surface area (Å²) in [5.74, 6) is -2.51. The van der Waals surface area contributed by atoms with E-state index >= 15 is 8.78 Å². The van der Waals surface area contributed by atoms with Crippen LogP contribution in [0.25, 0.3) is 0 Å². The summed E-state index contributed by atoms with van der Waals surface area (Å²) < 4.78 is 38.6. The van der Waals surface area contributed by atoms with Crippen molar-refractivity contribution in [1.82, 2.24) is 4.90 Å². The van der Waals surface area contributed by atoms with E-state index in [1.165, 1.54) is 43.1 Å². The second kappa shape index (κ2) is 14.1. The summed E-state index contributed by atoms with van der Waals surface area (Å²) in [4.78, 5) is 46.2. The lowest BCUT2D eigenvalue weighted by atomic mass is 9.44. The Labute approximate surface area is 276 Å². The lowest BCUT2D eigenvalue weighted by Crippen LogP contribution is -2.71. The number of ketones is 2. The van der Waals surface area contributed by atoms with Gasteiger partial charge < -0.3 is 14.7 Å². The number of Topliss-reactive ketones (excluding diaryl/α,β-unsaturated/α-hetero) is 1. The Hall–Kier alpha value is -2.82. The molecule has 1 amide bonds. The van der Waals surface area contributed by atoms with Gasteiger partial charge in [-0.1, -0.05) is 52.3 Å². The van der Waals surface area contributed by atoms with Crippen molar-refractivity contribution in [2.75, 3.05) is 32.8 Å². The molecule has 0 saturated heterocycles. The zero-order valence-corrected chi connectivity index (χ0v) is 29.2. The molecule has 0 aliphatic heterocycles. The normalized spacial score (nSPS) is 35.5. The van der Waals surface area contributed by atoms with Crippen molar-refractivity contribution < 1.29 is 37.8 Å². The van der Waals surface area contributed by atoms with E-state index in [4.69, 9.17) is 21.2 Å². The highest BCUT2D eigenvalue weighted by Gasteiger charge is 2.76. The minimum Gasteiger partial charge on any atom is -0.441 e. The van der Waals surface area contributed by atoms with Crippen LogP contribution in [0.5, 0.6) is 0 Å². The molecule has 8 nitrogen and oxygen atoms in total. The molecule has 4 aliphatic carbocycles. The van der Waals surface area contributed by atoms with Crippen LogP contribution in [0.3, 0.4) is 0 Å². The van der Waals surface area contributed by atoms with Crippen LogP contribution in [-0.4, -0.2) is 79.0 Å². The van der Waals surface area contributed by atoms with Crippen LogP contribution in [0.4, 0.5) is 19.3 Å². The van der Waals surface area contributed by atoms with Gasteiger partial charge in [0.25, 0.3) is 0 Å². The number of alkyl halides is 2. The zero-order chi connectivity index (χ0) is 34.8. The molecule has 4 aliphatic rings. The number of amides is 1. The van der Waals surface area contributed by atoms with Gasteiger partial charge in [0.1, 0.15) is 6.17 Å². The second-order valence-corrected chi connectivity index (χ2v) is 13.1. The number of hydroxylamine groups is 1. The molecule has 46 heavy (non-hydrogen) atoms. The standard InChI is InChI=1S/C31H37ClF2N2O6.2C2H6/c1-28-12-10-20(37)14-23(28)24(33)15-22-21-11-13-30(26(39)17-41-27(40)35(3)4,29(21,2)16-25(38)31(22,28)34)42-36(5)19-8-6-18(32)7-9-19;2*1-2/h6-10,12,14,21-22,24-25,38H,11,13,15-17H2,1-5H3;2*1-2H3/t21?,22-,24-,25-,28-,29-,30-,31-;;/m0../s1. The molecule has 11 heteroatoms. The molecule has 0 heterocycles. The number of allylic oxidation sites excluding steroid dienone is 4. The summed E-state index contributed by atoms with van der Waals surface area (Å²) in [5.41, 5.74) is -6.02. The van der Waals surface area contributed by atoms with Crippen LogP contribution >= 0.6 is 11.6 Å². The lowest BCUT2D eigenvalue weighted by molar-refractivity contribution is -0.231. The van der Waals surface area contributed by atoms with Crippen LogP contribution < -0.4 is 5.06 Å². The summed E-state index contributed by atoms with van der Waals surface area (Å²) in [6.45, 7) is 10.7. The van der Waals surface area contributed by atoms with Crippen molar-refractivity contribution in [3.8, 4) is 0 Å². The van der Waals surface area contributed by atoms with E-state index in [2.05, 4.69) is 0 Å². The number of hydrogen-bond donors (Lipinski definition) is 1. The van der Waals surface area contributed by atoms with E-state index in [1.807, 2.05) is 27.7 Å². The van der Waals surface area contributed by atoms with Crippen LogP contribution in [0.2, 0.25) is 5.02 Å². The van der Waals surface area contributed by atoms with E-state index in [9.17, 15) is 19.5 Å². The summed E-state index contributed by atoms with van der Waals surface area (Å²) >= 11 is 6.06. The number of rotatable bonds is 6. The summed E-state index contributed by atoms with van der Waals surface area (Å²) in [5, 5.41) is 13.6. The van der Waals surface area contributed by atoms with Gasteiger partial charge in [0, 0.05) is 42.9 Å². The Bertz CT molecular complexity index is 1350. The molecule has 0 spiro atoms. The van der Waals surface area contributed by atoms with Crippen molar-refractivity contribution in [2.45, 2.75) is 90.8 Å². The third-order valence-electron chi connectivity index (χ3n) is 10.4. The number of anilines is 1. The first-order chi connectivity index (χ1) is 21.6. The monoisotopic (exact) mass is 666 g/mol. The third kappa shape index (κ3) is 5.90. The number of aliphatic hydroxyl groups is 1. The number of hydrogen-bond acceptors (Lipinski definition) is 7. The fraction of sp³-hybridized carbons (Fsp3) is 0.629. The molecule has 1 unspecified atom stereocenters. The van der Waals surface area contributed by atoms with Gasteiger partial charge in [0.15, 0.2) is 23.7 Å². The molecule has 8 atom stereocenters. The molecule has 5 rings (SSSR count). The number of carbonyl (C=O) groups is 3. The predicted octanol–water partition coefficient (Wildman–Crippen LogP) is 7.09. The lowest BCUT2D eigenvalue weighted by Gasteiger charge is -2.63. The second-order valence-electron chi connectivity index (χ2n) is 12.7. The fourth-order valence-corrected chi connectivity index (χ4v) is 8.29. The van der Waals surface area contributed by atoms with Gasteiger partial charge in [-0.15, -0.1) is 0 Å². The van der Waals surface area contributed by atoms with Gasteiger partial charge >= 0.3 is 6.09 Å². The SMILES string of the molecule is CC.CC.CN(C)C(=O)OCC(=O)[C@@]1(ON(C)c2ccc(Cl)cc2)CCC2[C@@H]3C[C@H](F)C4=CC(=O)C=C[C@]4(C)[C@@]3(F)[C@@H](O)C[C@@]21C. The number of ether oxygens (including phenoxy) is 1. The van der Waals surface area contributed by atoms with Gasteiger partial charge in [-0.2, -0.15) is 0 Å². The largest absolute Gasteiger partial charge is 0.441 e. The Morgan fingerprint density at radius 2 is 1.67 bits per heavy atom. The zero-order valence-electron chi connectivity index (χ0n) is 28.4. The average Bonchev–Trinajstić information content (AvgIpc) is 3.32. The summed E-state index contributed by atoms with van der Waals surface area (Å²) in [6, 6.07) is 6.76. The Balaban J connectivity index is 0.00000139. The minimum absolute atomic E-state index is 0.0334.